The maximum absolute atomic E-state index is 12.6. The van der Waals surface area contributed by atoms with E-state index in [2.05, 4.69) is 10.1 Å². The zero-order chi connectivity index (χ0) is 17.8. The minimum atomic E-state index is -1.08. The van der Waals surface area contributed by atoms with Crippen molar-refractivity contribution in [3.63, 3.8) is 0 Å². The molecule has 132 valence electrons. The highest BCUT2D eigenvalue weighted by atomic mass is 16.5. The van der Waals surface area contributed by atoms with Crippen molar-refractivity contribution in [1.29, 1.82) is 0 Å². The Morgan fingerprint density at radius 3 is 3.00 bits per heavy atom. The molecule has 1 aromatic carbocycles. The summed E-state index contributed by atoms with van der Waals surface area (Å²) in [6.45, 7) is 2.35. The highest BCUT2D eigenvalue weighted by Gasteiger charge is 2.29. The minimum Gasteiger partial charge on any atom is -0.485 e. The monoisotopic (exact) mass is 347 g/mol. The van der Waals surface area contributed by atoms with Crippen molar-refractivity contribution in [1.82, 2.24) is 15.0 Å². The number of carbonyl (C=O) groups excluding carboxylic acids is 1. The Morgan fingerprint density at radius 2 is 2.28 bits per heavy atom. The first-order valence-electron chi connectivity index (χ1n) is 7.68. The average Bonchev–Trinajstić information content (AvgIpc) is 3.05. The van der Waals surface area contributed by atoms with Crippen molar-refractivity contribution in [2.45, 2.75) is 19.6 Å². The normalized spacial score (nSPS) is 17.3. The van der Waals surface area contributed by atoms with Gasteiger partial charge in [0.15, 0.2) is 12.7 Å². The van der Waals surface area contributed by atoms with Gasteiger partial charge in [0.1, 0.15) is 5.75 Å². The first-order valence-corrected chi connectivity index (χ1v) is 7.68. The van der Waals surface area contributed by atoms with Gasteiger partial charge in [-0.25, -0.2) is 4.79 Å². The van der Waals surface area contributed by atoms with Crippen LogP contribution in [-0.2, 0) is 16.1 Å². The number of ether oxygens (including phenoxy) is 2. The Hall–Kier alpha value is -2.94. The second kappa shape index (κ2) is 7.31. The van der Waals surface area contributed by atoms with E-state index in [9.17, 15) is 9.59 Å². The van der Waals surface area contributed by atoms with E-state index in [4.69, 9.17) is 19.1 Å². The Morgan fingerprint density at radius 1 is 1.44 bits per heavy atom. The van der Waals surface area contributed by atoms with Gasteiger partial charge in [0.2, 0.25) is 11.7 Å². The van der Waals surface area contributed by atoms with Gasteiger partial charge in [-0.15, -0.1) is 0 Å². The van der Waals surface area contributed by atoms with Crippen molar-refractivity contribution < 1.29 is 28.7 Å². The number of aliphatic carboxylic acids is 1. The topological polar surface area (TPSA) is 115 Å². The predicted octanol–water partition coefficient (Wildman–Crippen LogP) is 0.883. The van der Waals surface area contributed by atoms with Crippen LogP contribution in [0.5, 0.6) is 5.75 Å². The van der Waals surface area contributed by atoms with Crippen molar-refractivity contribution in [3.05, 3.63) is 41.5 Å². The number of carbonyl (C=O) groups is 2. The standard InChI is InChI=1S/C16H17N3O6/c1-10-17-14(18-25-10)9-24-12-4-2-3-11(7-12)15(20)19-5-6-23-13(8-19)16(21)22/h2-4,7,13H,5-6,8-9H2,1H3,(H,21,22). The van der Waals surface area contributed by atoms with Gasteiger partial charge in [-0.3, -0.25) is 4.79 Å². The van der Waals surface area contributed by atoms with Crippen LogP contribution >= 0.6 is 0 Å². The lowest BCUT2D eigenvalue weighted by molar-refractivity contribution is -0.154. The summed E-state index contributed by atoms with van der Waals surface area (Å²) in [6, 6.07) is 6.65. The zero-order valence-electron chi connectivity index (χ0n) is 13.5. The highest BCUT2D eigenvalue weighted by molar-refractivity contribution is 5.95. The van der Waals surface area contributed by atoms with Crippen molar-refractivity contribution in [2.75, 3.05) is 19.7 Å². The Labute approximate surface area is 143 Å². The van der Waals surface area contributed by atoms with E-state index in [0.717, 1.165) is 0 Å². The van der Waals surface area contributed by atoms with Crippen LogP contribution in [0.3, 0.4) is 0 Å². The maximum Gasteiger partial charge on any atom is 0.334 e. The number of amides is 1. The van der Waals surface area contributed by atoms with Gasteiger partial charge in [-0.2, -0.15) is 4.98 Å². The SMILES string of the molecule is Cc1nc(COc2cccc(C(=O)N3CCOC(C(=O)O)C3)c2)no1. The Bertz CT molecular complexity index is 775. The molecule has 9 nitrogen and oxygen atoms in total. The second-order valence-corrected chi connectivity index (χ2v) is 5.49. The fourth-order valence-electron chi connectivity index (χ4n) is 2.43. The molecule has 0 radical (unpaired) electrons. The van der Waals surface area contributed by atoms with Crippen LogP contribution in [-0.4, -0.2) is 57.8 Å². The van der Waals surface area contributed by atoms with Gasteiger partial charge >= 0.3 is 5.97 Å². The molecule has 1 saturated heterocycles. The molecule has 1 unspecified atom stereocenters. The Balaban J connectivity index is 1.65. The van der Waals surface area contributed by atoms with E-state index in [1.807, 2.05) is 0 Å². The lowest BCUT2D eigenvalue weighted by Crippen LogP contribution is -2.48. The lowest BCUT2D eigenvalue weighted by Gasteiger charge is -2.31. The summed E-state index contributed by atoms with van der Waals surface area (Å²) in [5.41, 5.74) is 0.410. The number of carboxylic acid groups (broad SMARTS) is 1. The van der Waals surface area contributed by atoms with Gasteiger partial charge < -0.3 is 24.0 Å². The number of hydrogen-bond acceptors (Lipinski definition) is 7. The van der Waals surface area contributed by atoms with Gasteiger partial charge in [0.05, 0.1) is 13.2 Å². The largest absolute Gasteiger partial charge is 0.485 e. The van der Waals surface area contributed by atoms with Crippen molar-refractivity contribution >= 4 is 11.9 Å². The molecule has 1 aliphatic heterocycles. The number of carboxylic acids is 1. The van der Waals surface area contributed by atoms with Crippen LogP contribution in [0.25, 0.3) is 0 Å². The minimum absolute atomic E-state index is 0.0153. The summed E-state index contributed by atoms with van der Waals surface area (Å²) < 4.78 is 15.6. The molecule has 3 rings (SSSR count). The fourth-order valence-corrected chi connectivity index (χ4v) is 2.43. The van der Waals surface area contributed by atoms with Crippen molar-refractivity contribution in [2.24, 2.45) is 0 Å². The van der Waals surface area contributed by atoms with Crippen LogP contribution in [0.1, 0.15) is 22.1 Å². The zero-order valence-corrected chi connectivity index (χ0v) is 13.5. The summed E-state index contributed by atoms with van der Waals surface area (Å²) in [7, 11) is 0. The predicted molar refractivity (Wildman–Crippen MR) is 83.1 cm³/mol. The Kier molecular flexibility index (Phi) is 4.94. The van der Waals surface area contributed by atoms with E-state index in [-0.39, 0.29) is 25.7 Å². The number of benzene rings is 1. The third-order valence-corrected chi connectivity index (χ3v) is 3.65. The average molecular weight is 347 g/mol. The molecular formula is C16H17N3O6. The second-order valence-electron chi connectivity index (χ2n) is 5.49. The van der Waals surface area contributed by atoms with Crippen LogP contribution in [0.15, 0.2) is 28.8 Å². The van der Waals surface area contributed by atoms with Crippen LogP contribution < -0.4 is 4.74 Å². The number of nitrogens with zero attached hydrogens (tertiary/aromatic N) is 3. The molecule has 1 fully saturated rings. The van der Waals surface area contributed by atoms with E-state index in [1.165, 1.54) is 4.90 Å². The highest BCUT2D eigenvalue weighted by Crippen LogP contribution is 2.17. The van der Waals surface area contributed by atoms with E-state index >= 15 is 0 Å². The van der Waals surface area contributed by atoms with Crippen LogP contribution in [0.4, 0.5) is 0 Å². The fraction of sp³-hybridized carbons (Fsp3) is 0.375. The molecule has 9 heteroatoms. The number of rotatable bonds is 5. The summed E-state index contributed by atoms with van der Waals surface area (Å²) in [4.78, 5) is 29.1. The van der Waals surface area contributed by atoms with E-state index < -0.39 is 12.1 Å². The van der Waals surface area contributed by atoms with Crippen LogP contribution in [0, 0.1) is 6.92 Å². The molecule has 1 N–H and O–H groups in total. The number of aromatic nitrogens is 2. The quantitative estimate of drug-likeness (QED) is 0.848. The first-order chi connectivity index (χ1) is 12.0. The third-order valence-electron chi connectivity index (χ3n) is 3.65. The van der Waals surface area contributed by atoms with Gasteiger partial charge in [0, 0.05) is 19.0 Å². The molecule has 2 heterocycles. The number of aryl methyl sites for hydroxylation is 1. The molecule has 0 spiro atoms. The molecule has 1 atom stereocenters. The molecule has 2 aromatic rings. The lowest BCUT2D eigenvalue weighted by atomic mass is 10.1. The molecule has 1 amide bonds. The molecular weight excluding hydrogens is 330 g/mol. The molecule has 0 bridgehead atoms. The third kappa shape index (κ3) is 4.13. The van der Waals surface area contributed by atoms with Gasteiger partial charge in [-0.1, -0.05) is 11.2 Å². The van der Waals surface area contributed by atoms with Gasteiger partial charge in [0.25, 0.3) is 5.91 Å². The van der Waals surface area contributed by atoms with E-state index in [0.29, 0.717) is 29.6 Å². The summed E-state index contributed by atoms with van der Waals surface area (Å²) in [6.07, 6.45) is -1.00. The molecule has 25 heavy (non-hydrogen) atoms. The summed E-state index contributed by atoms with van der Waals surface area (Å²) >= 11 is 0. The number of morpholine rings is 1. The maximum atomic E-state index is 12.6. The number of hydrogen-bond donors (Lipinski definition) is 1. The summed E-state index contributed by atoms with van der Waals surface area (Å²) in [5.74, 6) is -0.00807. The first kappa shape index (κ1) is 16.9. The van der Waals surface area contributed by atoms with Crippen molar-refractivity contribution in [3.8, 4) is 5.75 Å². The molecule has 0 saturated carbocycles. The molecule has 0 aliphatic carbocycles. The van der Waals surface area contributed by atoms with Gasteiger partial charge in [-0.05, 0) is 18.2 Å². The summed E-state index contributed by atoms with van der Waals surface area (Å²) in [5, 5.41) is 12.8. The van der Waals surface area contributed by atoms with E-state index in [1.54, 1.807) is 31.2 Å². The smallest absolute Gasteiger partial charge is 0.334 e. The van der Waals surface area contributed by atoms with Crippen LogP contribution in [0.2, 0.25) is 0 Å². The molecule has 1 aromatic heterocycles. The molecule has 1 aliphatic rings.